The van der Waals surface area contributed by atoms with Crippen LogP contribution in [0.25, 0.3) is 0 Å². The molecule has 0 heterocycles. The maximum atomic E-state index is 12.1. The van der Waals surface area contributed by atoms with Crippen LogP contribution in [0, 0.1) is 0 Å². The fourth-order valence-corrected chi connectivity index (χ4v) is 1.54. The lowest BCUT2D eigenvalue weighted by atomic mass is 10.1. The van der Waals surface area contributed by atoms with Crippen molar-refractivity contribution in [3.8, 4) is 11.5 Å². The number of nitrogens with one attached hydrogen (secondary N) is 1. The van der Waals surface area contributed by atoms with E-state index in [0.717, 1.165) is 6.42 Å². The molecule has 0 fully saturated rings. The van der Waals surface area contributed by atoms with Crippen molar-refractivity contribution in [2.75, 3.05) is 13.7 Å². The summed E-state index contributed by atoms with van der Waals surface area (Å²) in [6, 6.07) is 3.92. The second kappa shape index (κ2) is 7.37. The zero-order valence-electron chi connectivity index (χ0n) is 11.8. The van der Waals surface area contributed by atoms with Gasteiger partial charge in [-0.05, 0) is 25.5 Å². The average molecular weight is 281 g/mol. The molecule has 110 valence electrons. The van der Waals surface area contributed by atoms with Gasteiger partial charge in [-0.3, -0.25) is 9.59 Å². The molecule has 0 aliphatic heterocycles. The van der Waals surface area contributed by atoms with Gasteiger partial charge in [-0.25, -0.2) is 0 Å². The molecule has 1 rings (SSSR count). The van der Waals surface area contributed by atoms with Gasteiger partial charge in [0.05, 0.1) is 19.3 Å². The van der Waals surface area contributed by atoms with Gasteiger partial charge in [0.25, 0.3) is 5.91 Å². The summed E-state index contributed by atoms with van der Waals surface area (Å²) < 4.78 is 10.7. The van der Waals surface area contributed by atoms with Crippen LogP contribution >= 0.6 is 0 Å². The van der Waals surface area contributed by atoms with Crippen molar-refractivity contribution in [1.29, 1.82) is 0 Å². The predicted molar refractivity (Wildman–Crippen MR) is 73.3 cm³/mol. The summed E-state index contributed by atoms with van der Waals surface area (Å²) in [5, 5.41) is 11.2. The van der Waals surface area contributed by atoms with Crippen LogP contribution in [0.5, 0.6) is 11.5 Å². The molecule has 1 aromatic carbocycles. The first-order valence-electron chi connectivity index (χ1n) is 6.34. The molecule has 1 atom stereocenters. The number of hydrogen-bond donors (Lipinski definition) is 2. The van der Waals surface area contributed by atoms with Gasteiger partial charge in [-0.1, -0.05) is 13.0 Å². The fourth-order valence-electron chi connectivity index (χ4n) is 1.54. The van der Waals surface area contributed by atoms with Crippen LogP contribution in [-0.2, 0) is 4.79 Å². The Kier molecular flexibility index (Phi) is 5.83. The molecule has 0 aliphatic carbocycles. The summed E-state index contributed by atoms with van der Waals surface area (Å²) in [5.74, 6) is -0.844. The van der Waals surface area contributed by atoms with Gasteiger partial charge >= 0.3 is 5.97 Å². The highest BCUT2D eigenvalue weighted by Crippen LogP contribution is 2.31. The van der Waals surface area contributed by atoms with E-state index in [4.69, 9.17) is 14.6 Å². The minimum absolute atomic E-state index is 0.255. The zero-order valence-corrected chi connectivity index (χ0v) is 11.8. The van der Waals surface area contributed by atoms with Gasteiger partial charge in [-0.2, -0.15) is 0 Å². The smallest absolute Gasteiger partial charge is 0.325 e. The number of carbonyl (C=O) groups excluding carboxylic acids is 1. The largest absolute Gasteiger partial charge is 0.493 e. The zero-order chi connectivity index (χ0) is 15.1. The van der Waals surface area contributed by atoms with Crippen LogP contribution in [0.15, 0.2) is 18.2 Å². The summed E-state index contributed by atoms with van der Waals surface area (Å²) in [7, 11) is 1.48. The highest BCUT2D eigenvalue weighted by molar-refractivity contribution is 5.99. The molecule has 0 aromatic heterocycles. The SMILES string of the molecule is CCCOc1c(OC)cccc1C(=O)NC(C)C(=O)O. The number of para-hydroxylation sites is 1. The van der Waals surface area contributed by atoms with Crippen molar-refractivity contribution in [1.82, 2.24) is 5.32 Å². The van der Waals surface area contributed by atoms with Crippen LogP contribution in [-0.4, -0.2) is 36.7 Å². The standard InChI is InChI=1S/C14H19NO5/c1-4-8-20-12-10(6-5-7-11(12)19-3)13(16)15-9(2)14(17)18/h5-7,9H,4,8H2,1-3H3,(H,15,16)(H,17,18). The summed E-state index contributed by atoms with van der Waals surface area (Å²) in [6.45, 7) is 3.78. The van der Waals surface area contributed by atoms with Crippen LogP contribution in [0.4, 0.5) is 0 Å². The lowest BCUT2D eigenvalue weighted by Crippen LogP contribution is -2.38. The summed E-state index contributed by atoms with van der Waals surface area (Å²) in [5.41, 5.74) is 0.255. The van der Waals surface area contributed by atoms with Crippen molar-refractivity contribution < 1.29 is 24.2 Å². The minimum atomic E-state index is -1.10. The summed E-state index contributed by atoms with van der Waals surface area (Å²) in [6.07, 6.45) is 0.782. The van der Waals surface area contributed by atoms with Crippen molar-refractivity contribution in [3.63, 3.8) is 0 Å². The van der Waals surface area contributed by atoms with E-state index in [0.29, 0.717) is 18.1 Å². The molecule has 20 heavy (non-hydrogen) atoms. The number of amides is 1. The van der Waals surface area contributed by atoms with Gasteiger partial charge in [0, 0.05) is 0 Å². The first-order chi connectivity index (χ1) is 9.51. The molecule has 1 unspecified atom stereocenters. The monoisotopic (exact) mass is 281 g/mol. The molecule has 1 aromatic rings. The number of rotatable bonds is 7. The van der Waals surface area contributed by atoms with Crippen molar-refractivity contribution in [2.45, 2.75) is 26.3 Å². The Labute approximate surface area is 117 Å². The number of aliphatic carboxylic acids is 1. The molecule has 2 N–H and O–H groups in total. The van der Waals surface area contributed by atoms with Gasteiger partial charge in [0.1, 0.15) is 6.04 Å². The molecule has 0 spiro atoms. The van der Waals surface area contributed by atoms with E-state index in [-0.39, 0.29) is 5.56 Å². The predicted octanol–water partition coefficient (Wildman–Crippen LogP) is 1.69. The minimum Gasteiger partial charge on any atom is -0.493 e. The fraction of sp³-hybridized carbons (Fsp3) is 0.429. The third-order valence-corrected chi connectivity index (χ3v) is 2.61. The summed E-state index contributed by atoms with van der Waals surface area (Å²) in [4.78, 5) is 22.9. The van der Waals surface area contributed by atoms with Gasteiger partial charge in [0.15, 0.2) is 11.5 Å². The van der Waals surface area contributed by atoms with Crippen LogP contribution in [0.1, 0.15) is 30.6 Å². The average Bonchev–Trinajstić information content (AvgIpc) is 2.44. The molecule has 0 bridgehead atoms. The molecule has 0 saturated carbocycles. The third kappa shape index (κ3) is 3.88. The van der Waals surface area contributed by atoms with E-state index in [1.807, 2.05) is 6.92 Å². The first-order valence-corrected chi connectivity index (χ1v) is 6.34. The van der Waals surface area contributed by atoms with Crippen molar-refractivity contribution >= 4 is 11.9 Å². The highest BCUT2D eigenvalue weighted by atomic mass is 16.5. The normalized spacial score (nSPS) is 11.6. The van der Waals surface area contributed by atoms with Crippen molar-refractivity contribution in [2.24, 2.45) is 0 Å². The number of benzene rings is 1. The Morgan fingerprint density at radius 3 is 2.65 bits per heavy atom. The molecule has 6 heteroatoms. The summed E-state index contributed by atoms with van der Waals surface area (Å²) >= 11 is 0. The molecule has 0 radical (unpaired) electrons. The van der Waals surface area contributed by atoms with E-state index < -0.39 is 17.9 Å². The third-order valence-electron chi connectivity index (χ3n) is 2.61. The number of ether oxygens (including phenoxy) is 2. The van der Waals surface area contributed by atoms with Gasteiger partial charge in [-0.15, -0.1) is 0 Å². The van der Waals surface area contributed by atoms with Crippen LogP contribution in [0.2, 0.25) is 0 Å². The maximum absolute atomic E-state index is 12.1. The van der Waals surface area contributed by atoms with Crippen LogP contribution in [0.3, 0.4) is 0 Å². The van der Waals surface area contributed by atoms with E-state index in [2.05, 4.69) is 5.32 Å². The molecule has 1 amide bonds. The van der Waals surface area contributed by atoms with E-state index >= 15 is 0 Å². The molecule has 6 nitrogen and oxygen atoms in total. The van der Waals surface area contributed by atoms with Gasteiger partial charge in [0.2, 0.25) is 0 Å². The molecule has 0 saturated heterocycles. The Hall–Kier alpha value is -2.24. The number of carbonyl (C=O) groups is 2. The Morgan fingerprint density at radius 1 is 1.40 bits per heavy atom. The second-order valence-corrected chi connectivity index (χ2v) is 4.22. The second-order valence-electron chi connectivity index (χ2n) is 4.22. The van der Waals surface area contributed by atoms with Crippen molar-refractivity contribution in [3.05, 3.63) is 23.8 Å². The number of methoxy groups -OCH3 is 1. The Balaban J connectivity index is 3.03. The topological polar surface area (TPSA) is 84.9 Å². The quantitative estimate of drug-likeness (QED) is 0.794. The van der Waals surface area contributed by atoms with E-state index in [1.54, 1.807) is 18.2 Å². The molecular weight excluding hydrogens is 262 g/mol. The lowest BCUT2D eigenvalue weighted by molar-refractivity contribution is -0.138. The molecule has 0 aliphatic rings. The van der Waals surface area contributed by atoms with Gasteiger partial charge < -0.3 is 19.9 Å². The first kappa shape index (κ1) is 15.8. The molecular formula is C14H19NO5. The number of hydrogen-bond acceptors (Lipinski definition) is 4. The van der Waals surface area contributed by atoms with E-state index in [1.165, 1.54) is 14.0 Å². The lowest BCUT2D eigenvalue weighted by Gasteiger charge is -2.15. The Bertz CT molecular complexity index is 486. The number of carboxylic acids is 1. The Morgan fingerprint density at radius 2 is 2.10 bits per heavy atom. The highest BCUT2D eigenvalue weighted by Gasteiger charge is 2.20. The number of carboxylic acid groups (broad SMARTS) is 1. The van der Waals surface area contributed by atoms with Crippen LogP contribution < -0.4 is 14.8 Å². The van der Waals surface area contributed by atoms with E-state index in [9.17, 15) is 9.59 Å². The maximum Gasteiger partial charge on any atom is 0.325 e.